The maximum atomic E-state index is 14.3. The molecule has 0 aliphatic carbocycles. The number of aromatic nitrogens is 2. The second kappa shape index (κ2) is 7.44. The second-order valence-corrected chi connectivity index (χ2v) is 8.68. The number of rotatable bonds is 3. The average molecular weight is 449 g/mol. The van der Waals surface area contributed by atoms with Gasteiger partial charge in [0.1, 0.15) is 10.6 Å². The van der Waals surface area contributed by atoms with Gasteiger partial charge in [-0.1, -0.05) is 41.4 Å². The van der Waals surface area contributed by atoms with Crippen LogP contribution < -0.4 is 11.2 Å². The van der Waals surface area contributed by atoms with Crippen LogP contribution in [0.5, 0.6) is 0 Å². The lowest BCUT2D eigenvalue weighted by Gasteiger charge is -2.13. The van der Waals surface area contributed by atoms with E-state index in [9.17, 15) is 14.0 Å². The van der Waals surface area contributed by atoms with Gasteiger partial charge >= 0.3 is 5.69 Å². The number of halogens is 3. The molecule has 0 spiro atoms. The summed E-state index contributed by atoms with van der Waals surface area (Å²) in [6.45, 7) is 3.73. The minimum absolute atomic E-state index is 0.00298. The molecule has 2 heterocycles. The van der Waals surface area contributed by atoms with E-state index in [1.165, 1.54) is 34.1 Å². The third kappa shape index (κ3) is 3.31. The predicted molar refractivity (Wildman–Crippen MR) is 117 cm³/mol. The molecule has 148 valence electrons. The smallest absolute Gasteiger partial charge is 0.279 e. The van der Waals surface area contributed by atoms with E-state index in [4.69, 9.17) is 23.2 Å². The molecule has 0 unspecified atom stereocenters. The van der Waals surface area contributed by atoms with E-state index in [0.717, 1.165) is 15.0 Å². The van der Waals surface area contributed by atoms with Crippen molar-refractivity contribution in [1.29, 1.82) is 0 Å². The highest BCUT2D eigenvalue weighted by Crippen LogP contribution is 2.28. The maximum absolute atomic E-state index is 14.3. The van der Waals surface area contributed by atoms with Crippen LogP contribution in [0.25, 0.3) is 15.9 Å². The van der Waals surface area contributed by atoms with Crippen molar-refractivity contribution in [3.63, 3.8) is 0 Å². The van der Waals surface area contributed by atoms with Gasteiger partial charge in [0.25, 0.3) is 5.56 Å². The van der Waals surface area contributed by atoms with Gasteiger partial charge in [-0.15, -0.1) is 11.3 Å². The van der Waals surface area contributed by atoms with Crippen LogP contribution in [-0.2, 0) is 6.54 Å². The first-order chi connectivity index (χ1) is 13.8. The largest absolute Gasteiger partial charge is 0.337 e. The zero-order chi connectivity index (χ0) is 20.9. The van der Waals surface area contributed by atoms with Crippen molar-refractivity contribution in [2.45, 2.75) is 20.4 Å². The molecule has 4 aromatic rings. The van der Waals surface area contributed by atoms with Crippen LogP contribution in [-0.4, -0.2) is 9.13 Å². The fourth-order valence-electron chi connectivity index (χ4n) is 3.25. The second-order valence-electron chi connectivity index (χ2n) is 6.66. The number of benzene rings is 2. The maximum Gasteiger partial charge on any atom is 0.337 e. The van der Waals surface area contributed by atoms with Gasteiger partial charge in [0.2, 0.25) is 0 Å². The van der Waals surface area contributed by atoms with E-state index in [1.54, 1.807) is 24.3 Å². The van der Waals surface area contributed by atoms with E-state index in [2.05, 4.69) is 0 Å². The first-order valence-electron chi connectivity index (χ1n) is 8.74. The minimum atomic E-state index is -0.564. The number of hydrogen-bond acceptors (Lipinski definition) is 3. The minimum Gasteiger partial charge on any atom is -0.279 e. The highest BCUT2D eigenvalue weighted by Gasteiger charge is 2.20. The molecular formula is C21H15Cl2FN2O2S. The summed E-state index contributed by atoms with van der Waals surface area (Å²) in [4.78, 5) is 28.1. The fourth-order valence-corrected chi connectivity index (χ4v) is 4.68. The van der Waals surface area contributed by atoms with Gasteiger partial charge in [0, 0.05) is 10.4 Å². The van der Waals surface area contributed by atoms with Gasteiger partial charge in [-0.05, 0) is 43.7 Å². The summed E-state index contributed by atoms with van der Waals surface area (Å²) >= 11 is 13.4. The molecule has 0 atom stereocenters. The van der Waals surface area contributed by atoms with Gasteiger partial charge in [0.15, 0.2) is 0 Å². The molecule has 0 amide bonds. The summed E-state index contributed by atoms with van der Waals surface area (Å²) in [7, 11) is 0. The Labute approximate surface area is 179 Å². The van der Waals surface area contributed by atoms with Crippen molar-refractivity contribution in [3.05, 3.63) is 95.2 Å². The van der Waals surface area contributed by atoms with Gasteiger partial charge in [0.05, 0.1) is 27.7 Å². The van der Waals surface area contributed by atoms with Crippen LogP contribution in [0.15, 0.2) is 52.1 Å². The Morgan fingerprint density at radius 3 is 2.45 bits per heavy atom. The number of fused-ring (bicyclic) bond motifs is 1. The summed E-state index contributed by atoms with van der Waals surface area (Å²) in [5.74, 6) is -0.412. The van der Waals surface area contributed by atoms with Crippen molar-refractivity contribution in [2.75, 3.05) is 0 Å². The van der Waals surface area contributed by atoms with Crippen LogP contribution in [0.3, 0.4) is 0 Å². The molecule has 2 aromatic heterocycles. The van der Waals surface area contributed by atoms with E-state index >= 15 is 0 Å². The van der Waals surface area contributed by atoms with Crippen LogP contribution >= 0.6 is 34.5 Å². The molecule has 29 heavy (non-hydrogen) atoms. The van der Waals surface area contributed by atoms with E-state index in [0.29, 0.717) is 26.5 Å². The quantitative estimate of drug-likeness (QED) is 0.425. The Hall–Kier alpha value is -2.41. The lowest BCUT2D eigenvalue weighted by atomic mass is 10.2. The molecule has 0 aliphatic heterocycles. The zero-order valence-electron chi connectivity index (χ0n) is 15.5. The van der Waals surface area contributed by atoms with Gasteiger partial charge < -0.3 is 0 Å². The molecule has 0 saturated carbocycles. The van der Waals surface area contributed by atoms with Crippen molar-refractivity contribution >= 4 is 44.8 Å². The summed E-state index contributed by atoms with van der Waals surface area (Å²) < 4.78 is 16.8. The molecule has 0 fully saturated rings. The summed E-state index contributed by atoms with van der Waals surface area (Å²) in [5, 5.41) is 0.989. The molecular weight excluding hydrogens is 434 g/mol. The first kappa shape index (κ1) is 19.9. The Kier molecular flexibility index (Phi) is 5.11. The van der Waals surface area contributed by atoms with Gasteiger partial charge in [-0.25, -0.2) is 13.8 Å². The molecule has 8 heteroatoms. The molecule has 0 radical (unpaired) electrons. The number of hydrogen-bond donors (Lipinski definition) is 0. The fraction of sp³-hybridized carbons (Fsp3) is 0.143. The molecule has 4 nitrogen and oxygen atoms in total. The molecule has 2 aromatic carbocycles. The van der Waals surface area contributed by atoms with Crippen LogP contribution in [0.2, 0.25) is 10.0 Å². The summed E-state index contributed by atoms with van der Waals surface area (Å²) in [6, 6.07) is 10.8. The molecule has 0 bridgehead atoms. The highest BCUT2D eigenvalue weighted by atomic mass is 35.5. The van der Waals surface area contributed by atoms with E-state index in [-0.39, 0.29) is 11.6 Å². The molecule has 0 N–H and O–H groups in total. The van der Waals surface area contributed by atoms with Crippen LogP contribution in [0, 0.1) is 19.7 Å². The Morgan fingerprint density at radius 2 is 1.76 bits per heavy atom. The Bertz CT molecular complexity index is 1390. The van der Waals surface area contributed by atoms with Crippen LogP contribution in [0.4, 0.5) is 4.39 Å². The van der Waals surface area contributed by atoms with E-state index in [1.807, 2.05) is 13.8 Å². The molecule has 4 rings (SSSR count). The SMILES string of the molecule is Cc1sc2c(c1C)c(=O)n(-c1ccc(Cl)c(Cl)c1)c(=O)n2Cc1ccccc1F. The van der Waals surface area contributed by atoms with Crippen molar-refractivity contribution in [3.8, 4) is 5.69 Å². The first-order valence-corrected chi connectivity index (χ1v) is 10.3. The number of aryl methyl sites for hydroxylation is 2. The third-order valence-electron chi connectivity index (χ3n) is 4.90. The van der Waals surface area contributed by atoms with Gasteiger partial charge in [-0.2, -0.15) is 0 Å². The Balaban J connectivity index is 2.08. The van der Waals surface area contributed by atoms with E-state index < -0.39 is 17.1 Å². The number of thiophene rings is 1. The topological polar surface area (TPSA) is 44.0 Å². The zero-order valence-corrected chi connectivity index (χ0v) is 17.8. The van der Waals surface area contributed by atoms with Gasteiger partial charge in [-0.3, -0.25) is 9.36 Å². The van der Waals surface area contributed by atoms with Crippen molar-refractivity contribution in [1.82, 2.24) is 9.13 Å². The lowest BCUT2D eigenvalue weighted by Crippen LogP contribution is -2.39. The van der Waals surface area contributed by atoms with Crippen LogP contribution in [0.1, 0.15) is 16.0 Å². The normalized spacial score (nSPS) is 11.3. The molecule has 0 aliphatic rings. The lowest BCUT2D eigenvalue weighted by molar-refractivity contribution is 0.595. The van der Waals surface area contributed by atoms with Crippen molar-refractivity contribution < 1.29 is 4.39 Å². The third-order valence-corrected chi connectivity index (χ3v) is 6.87. The highest BCUT2D eigenvalue weighted by molar-refractivity contribution is 7.18. The molecule has 0 saturated heterocycles. The Morgan fingerprint density at radius 1 is 1.03 bits per heavy atom. The van der Waals surface area contributed by atoms with Crippen molar-refractivity contribution in [2.24, 2.45) is 0 Å². The summed E-state index contributed by atoms with van der Waals surface area (Å²) in [5.41, 5.74) is 0.465. The monoisotopic (exact) mass is 448 g/mol. The number of nitrogens with zero attached hydrogens (tertiary/aromatic N) is 2. The average Bonchev–Trinajstić information content (AvgIpc) is 2.98. The predicted octanol–water partition coefficient (Wildman–Crippen LogP) is 5.32. The summed E-state index contributed by atoms with van der Waals surface area (Å²) in [6.07, 6.45) is 0. The standard InChI is InChI=1S/C21H15Cl2FN2O2S/c1-11-12(2)29-20-18(11)19(27)26(14-7-8-15(22)16(23)9-14)21(28)25(20)10-13-5-3-4-6-17(13)24/h3-9H,10H2,1-2H3.